The van der Waals surface area contributed by atoms with Gasteiger partial charge in [0.05, 0.1) is 23.1 Å². The molecule has 7 nitrogen and oxygen atoms in total. The number of thiophene rings is 1. The molecule has 28 heavy (non-hydrogen) atoms. The second-order valence-electron chi connectivity index (χ2n) is 6.39. The third-order valence-electron chi connectivity index (χ3n) is 4.50. The fourth-order valence-corrected chi connectivity index (χ4v) is 3.89. The predicted molar refractivity (Wildman–Crippen MR) is 103 cm³/mol. The Bertz CT molecular complexity index is 916. The van der Waals surface area contributed by atoms with Crippen molar-refractivity contribution in [3.05, 3.63) is 69.2 Å². The number of nitro groups is 1. The van der Waals surface area contributed by atoms with Gasteiger partial charge in [-0.3, -0.25) is 19.7 Å². The molecule has 1 atom stereocenters. The van der Waals surface area contributed by atoms with E-state index in [0.29, 0.717) is 13.1 Å². The van der Waals surface area contributed by atoms with Gasteiger partial charge in [-0.2, -0.15) is 4.39 Å². The van der Waals surface area contributed by atoms with Crippen LogP contribution in [-0.2, 0) is 16.1 Å². The van der Waals surface area contributed by atoms with E-state index in [1.165, 1.54) is 22.3 Å². The van der Waals surface area contributed by atoms with Crippen molar-refractivity contribution in [1.29, 1.82) is 0 Å². The van der Waals surface area contributed by atoms with Gasteiger partial charge in [-0.05, 0) is 23.6 Å². The number of rotatable bonds is 7. The summed E-state index contributed by atoms with van der Waals surface area (Å²) in [5.74, 6) is -2.05. The van der Waals surface area contributed by atoms with Gasteiger partial charge in [0.25, 0.3) is 0 Å². The van der Waals surface area contributed by atoms with Crippen molar-refractivity contribution in [1.82, 2.24) is 4.90 Å². The molecule has 9 heteroatoms. The topological polar surface area (TPSA) is 83.8 Å². The summed E-state index contributed by atoms with van der Waals surface area (Å²) in [6.45, 7) is 4.56. The number of hydrogen-bond acceptors (Lipinski definition) is 5. The molecule has 0 aliphatic carbocycles. The van der Waals surface area contributed by atoms with E-state index >= 15 is 0 Å². The molecule has 3 rings (SSSR count). The minimum Gasteiger partial charge on any atom is -0.334 e. The quantitative estimate of drug-likeness (QED) is 0.403. The number of anilines is 1. The summed E-state index contributed by atoms with van der Waals surface area (Å²) in [5.41, 5.74) is -0.493. The van der Waals surface area contributed by atoms with Gasteiger partial charge in [-0.25, -0.2) is 0 Å². The molecule has 1 saturated heterocycles. The van der Waals surface area contributed by atoms with Crippen LogP contribution >= 0.6 is 11.3 Å². The number of nitro benzene ring substituents is 1. The summed E-state index contributed by atoms with van der Waals surface area (Å²) in [5, 5.41) is 12.9. The van der Waals surface area contributed by atoms with Crippen molar-refractivity contribution < 1.29 is 18.9 Å². The summed E-state index contributed by atoms with van der Waals surface area (Å²) >= 11 is 1.54. The maximum absolute atomic E-state index is 13.6. The van der Waals surface area contributed by atoms with E-state index in [2.05, 4.69) is 6.58 Å². The van der Waals surface area contributed by atoms with E-state index in [-0.39, 0.29) is 30.5 Å². The van der Waals surface area contributed by atoms with Crippen LogP contribution in [0.5, 0.6) is 0 Å². The first kappa shape index (κ1) is 19.7. The van der Waals surface area contributed by atoms with Crippen LogP contribution in [0.15, 0.2) is 48.4 Å². The zero-order chi connectivity index (χ0) is 20.3. The summed E-state index contributed by atoms with van der Waals surface area (Å²) in [6.07, 6.45) is 1.63. The van der Waals surface area contributed by atoms with Crippen LogP contribution in [0, 0.1) is 21.8 Å². The maximum Gasteiger partial charge on any atom is 0.306 e. The number of carbonyl (C=O) groups excluding carboxylic acids is 2. The van der Waals surface area contributed by atoms with Crippen molar-refractivity contribution >= 4 is 34.5 Å². The first-order valence-electron chi connectivity index (χ1n) is 8.57. The second-order valence-corrected chi connectivity index (χ2v) is 7.42. The summed E-state index contributed by atoms with van der Waals surface area (Å²) in [7, 11) is 0. The zero-order valence-electron chi connectivity index (χ0n) is 14.9. The third kappa shape index (κ3) is 4.09. The minimum absolute atomic E-state index is 0.00207. The highest BCUT2D eigenvalue weighted by molar-refractivity contribution is 7.09. The van der Waals surface area contributed by atoms with Gasteiger partial charge in [-0.1, -0.05) is 12.1 Å². The molecule has 2 heterocycles. The average Bonchev–Trinajstić information content (AvgIpc) is 3.30. The van der Waals surface area contributed by atoms with Crippen molar-refractivity contribution in [2.24, 2.45) is 5.92 Å². The molecule has 146 valence electrons. The molecule has 0 saturated carbocycles. The number of halogens is 1. The number of benzene rings is 1. The molecule has 1 aliphatic heterocycles. The van der Waals surface area contributed by atoms with E-state index in [1.807, 2.05) is 17.5 Å². The molecule has 2 amide bonds. The highest BCUT2D eigenvalue weighted by Gasteiger charge is 2.37. The van der Waals surface area contributed by atoms with Crippen LogP contribution < -0.4 is 4.90 Å². The lowest BCUT2D eigenvalue weighted by molar-refractivity contribution is -0.387. The van der Waals surface area contributed by atoms with Crippen LogP contribution in [0.2, 0.25) is 0 Å². The van der Waals surface area contributed by atoms with Crippen molar-refractivity contribution in [2.45, 2.75) is 13.0 Å². The van der Waals surface area contributed by atoms with Gasteiger partial charge >= 0.3 is 5.69 Å². The fourth-order valence-electron chi connectivity index (χ4n) is 3.17. The van der Waals surface area contributed by atoms with Gasteiger partial charge in [0, 0.05) is 30.5 Å². The Balaban J connectivity index is 1.77. The average molecular weight is 403 g/mol. The van der Waals surface area contributed by atoms with Crippen LogP contribution in [0.25, 0.3) is 0 Å². The lowest BCUT2D eigenvalue weighted by atomic mass is 10.1. The predicted octanol–water partition coefficient (Wildman–Crippen LogP) is 3.36. The summed E-state index contributed by atoms with van der Waals surface area (Å²) < 4.78 is 13.6. The molecule has 2 aromatic rings. The highest BCUT2D eigenvalue weighted by Crippen LogP contribution is 2.30. The molecule has 1 aliphatic rings. The van der Waals surface area contributed by atoms with E-state index in [9.17, 15) is 24.1 Å². The fraction of sp³-hybridized carbons (Fsp3) is 0.263. The molecule has 1 fully saturated rings. The SMILES string of the molecule is C=CCN(Cc1cccs1)C(=O)C1CC(=O)N(c2ccc(F)c([N+](=O)[O-])c2)C1. The Morgan fingerprint density at radius 2 is 2.25 bits per heavy atom. The highest BCUT2D eigenvalue weighted by atomic mass is 32.1. The Labute approximate surface area is 164 Å². The van der Waals surface area contributed by atoms with Gasteiger partial charge in [0.2, 0.25) is 17.6 Å². The Kier molecular flexibility index (Phi) is 5.84. The molecular weight excluding hydrogens is 385 g/mol. The molecule has 1 aromatic heterocycles. The molecule has 0 N–H and O–H groups in total. The lowest BCUT2D eigenvalue weighted by Crippen LogP contribution is -2.37. The van der Waals surface area contributed by atoms with Crippen molar-refractivity contribution in [2.75, 3.05) is 18.0 Å². The first-order chi connectivity index (χ1) is 13.4. The maximum atomic E-state index is 13.6. The van der Waals surface area contributed by atoms with Gasteiger partial charge in [0.1, 0.15) is 0 Å². The molecule has 1 aromatic carbocycles. The monoisotopic (exact) mass is 403 g/mol. The molecule has 0 radical (unpaired) electrons. The van der Waals surface area contributed by atoms with Gasteiger partial charge in [-0.15, -0.1) is 17.9 Å². The van der Waals surface area contributed by atoms with Gasteiger partial charge < -0.3 is 9.80 Å². The minimum atomic E-state index is -0.971. The standard InChI is InChI=1S/C19H18FN3O4S/c1-2-7-21(12-15-4-3-8-28-15)19(25)13-9-18(24)22(11-13)14-5-6-16(20)17(10-14)23(26)27/h2-6,8,10,13H,1,7,9,11-12H2. The third-order valence-corrected chi connectivity index (χ3v) is 5.36. The first-order valence-corrected chi connectivity index (χ1v) is 9.45. The number of nitrogens with zero attached hydrogens (tertiary/aromatic N) is 3. The number of amides is 2. The molecule has 0 spiro atoms. The summed E-state index contributed by atoms with van der Waals surface area (Å²) in [4.78, 5) is 39.4. The van der Waals surface area contributed by atoms with Crippen molar-refractivity contribution in [3.63, 3.8) is 0 Å². The van der Waals surface area contributed by atoms with E-state index in [1.54, 1.807) is 11.0 Å². The second kappa shape index (κ2) is 8.30. The van der Waals surface area contributed by atoms with E-state index in [4.69, 9.17) is 0 Å². The normalized spacial score (nSPS) is 16.2. The molecular formula is C19H18FN3O4S. The van der Waals surface area contributed by atoms with Crippen LogP contribution in [0.4, 0.5) is 15.8 Å². The van der Waals surface area contributed by atoms with Gasteiger partial charge in [0.15, 0.2) is 0 Å². The summed E-state index contributed by atoms with van der Waals surface area (Å²) in [6, 6.07) is 7.11. The zero-order valence-corrected chi connectivity index (χ0v) is 15.7. The molecule has 0 bridgehead atoms. The Morgan fingerprint density at radius 3 is 2.89 bits per heavy atom. The van der Waals surface area contributed by atoms with E-state index in [0.717, 1.165) is 17.0 Å². The smallest absolute Gasteiger partial charge is 0.306 e. The number of hydrogen-bond donors (Lipinski definition) is 0. The lowest BCUT2D eigenvalue weighted by Gasteiger charge is -2.24. The number of carbonyl (C=O) groups is 2. The Hall–Kier alpha value is -3.07. The van der Waals surface area contributed by atoms with Crippen LogP contribution in [0.3, 0.4) is 0 Å². The largest absolute Gasteiger partial charge is 0.334 e. The van der Waals surface area contributed by atoms with E-state index < -0.39 is 22.3 Å². The van der Waals surface area contributed by atoms with Crippen LogP contribution in [-0.4, -0.2) is 34.7 Å². The van der Waals surface area contributed by atoms with Crippen LogP contribution in [0.1, 0.15) is 11.3 Å². The molecule has 1 unspecified atom stereocenters. The van der Waals surface area contributed by atoms with Crippen molar-refractivity contribution in [3.8, 4) is 0 Å². The Morgan fingerprint density at radius 1 is 1.46 bits per heavy atom.